The monoisotopic (exact) mass is 392 g/mol. The summed E-state index contributed by atoms with van der Waals surface area (Å²) in [7, 11) is 0. The Hall–Kier alpha value is -0.970. The molecule has 0 spiro atoms. The van der Waals surface area contributed by atoms with E-state index in [9.17, 15) is 9.59 Å². The van der Waals surface area contributed by atoms with Gasteiger partial charge in [0.1, 0.15) is 5.56 Å². The molecular weight excluding hydrogens is 375 g/mol. The van der Waals surface area contributed by atoms with Crippen molar-refractivity contribution in [1.29, 1.82) is 0 Å². The average Bonchev–Trinajstić information content (AvgIpc) is 2.46. The predicted molar refractivity (Wildman–Crippen MR) is 94.1 cm³/mol. The van der Waals surface area contributed by atoms with Gasteiger partial charge in [-0.15, -0.1) is 0 Å². The summed E-state index contributed by atoms with van der Waals surface area (Å²) in [6.07, 6.45) is 3.29. The predicted octanol–water partition coefficient (Wildman–Crippen LogP) is 5.41. The van der Waals surface area contributed by atoms with Crippen LogP contribution in [0.15, 0.2) is 6.07 Å². The summed E-state index contributed by atoms with van der Waals surface area (Å²) >= 11 is 18.0. The molecular formula is C17H19Cl3O4. The van der Waals surface area contributed by atoms with Crippen molar-refractivity contribution in [2.45, 2.75) is 33.1 Å². The lowest BCUT2D eigenvalue weighted by atomic mass is 9.72. The van der Waals surface area contributed by atoms with Crippen molar-refractivity contribution < 1.29 is 19.1 Å². The van der Waals surface area contributed by atoms with E-state index in [0.717, 1.165) is 12.8 Å². The molecule has 1 saturated carbocycles. The van der Waals surface area contributed by atoms with Crippen LogP contribution in [0.5, 0.6) is 5.75 Å². The van der Waals surface area contributed by atoms with Crippen LogP contribution < -0.4 is 4.74 Å². The molecule has 0 aromatic heterocycles. The fraction of sp³-hybridized carbons (Fsp3) is 0.529. The maximum atomic E-state index is 12.3. The van der Waals surface area contributed by atoms with E-state index in [4.69, 9.17) is 44.3 Å². The van der Waals surface area contributed by atoms with Gasteiger partial charge in [-0.25, -0.2) is 4.79 Å². The van der Waals surface area contributed by atoms with Crippen molar-refractivity contribution in [2.24, 2.45) is 17.8 Å². The molecule has 1 aliphatic rings. The van der Waals surface area contributed by atoms with Gasteiger partial charge >= 0.3 is 5.97 Å². The zero-order valence-electron chi connectivity index (χ0n) is 13.5. The largest absolute Gasteiger partial charge is 0.462 e. The second-order valence-corrected chi connectivity index (χ2v) is 7.70. The molecule has 1 fully saturated rings. The third-order valence-corrected chi connectivity index (χ3v) is 5.15. The van der Waals surface area contributed by atoms with Crippen molar-refractivity contribution in [3.63, 3.8) is 0 Å². The molecule has 4 nitrogen and oxygen atoms in total. The lowest BCUT2D eigenvalue weighted by molar-refractivity contribution is -0.120. The molecule has 0 radical (unpaired) electrons. The quantitative estimate of drug-likeness (QED) is 0.353. The Morgan fingerprint density at radius 2 is 1.92 bits per heavy atom. The highest BCUT2D eigenvalue weighted by molar-refractivity contribution is 6.45. The first-order valence-electron chi connectivity index (χ1n) is 7.78. The zero-order valence-corrected chi connectivity index (χ0v) is 15.7. The van der Waals surface area contributed by atoms with Crippen LogP contribution in [0.3, 0.4) is 0 Å². The van der Waals surface area contributed by atoms with E-state index in [1.54, 1.807) is 0 Å². The number of ether oxygens (including phenoxy) is 2. The molecule has 0 saturated heterocycles. The first-order chi connectivity index (χ1) is 11.3. The Labute approximate surface area is 156 Å². The Morgan fingerprint density at radius 3 is 2.50 bits per heavy atom. The number of halogens is 3. The normalized spacial score (nSPS) is 19.8. The standard InChI is InChI=1S/C17H19Cl3O4/c1-9(2)3-10-4-11(5-10)7-23-17(22)14-15(20)12(18)6-13(19)16(14)24-8-21/h6,8-11H,3-5,7H2,1-2H3. The van der Waals surface area contributed by atoms with Crippen LogP contribution in [0.2, 0.25) is 15.1 Å². The summed E-state index contributed by atoms with van der Waals surface area (Å²) in [5, 5.41) is 0.0609. The van der Waals surface area contributed by atoms with Gasteiger partial charge in [-0.05, 0) is 43.1 Å². The minimum Gasteiger partial charge on any atom is -0.462 e. The summed E-state index contributed by atoms with van der Waals surface area (Å²) in [5.74, 6) is 0.883. The lowest BCUT2D eigenvalue weighted by Gasteiger charge is -2.36. The van der Waals surface area contributed by atoms with E-state index >= 15 is 0 Å². The second-order valence-electron chi connectivity index (χ2n) is 6.50. The van der Waals surface area contributed by atoms with Crippen molar-refractivity contribution in [2.75, 3.05) is 6.61 Å². The van der Waals surface area contributed by atoms with Crippen LogP contribution in [0.25, 0.3) is 0 Å². The van der Waals surface area contributed by atoms with Crippen molar-refractivity contribution in [3.8, 4) is 5.75 Å². The molecule has 0 unspecified atom stereocenters. The third-order valence-electron chi connectivity index (χ3n) is 4.08. The fourth-order valence-electron chi connectivity index (χ4n) is 3.06. The van der Waals surface area contributed by atoms with Gasteiger partial charge in [-0.1, -0.05) is 48.7 Å². The Balaban J connectivity index is 2.01. The van der Waals surface area contributed by atoms with Gasteiger partial charge < -0.3 is 9.47 Å². The smallest absolute Gasteiger partial charge is 0.343 e. The van der Waals surface area contributed by atoms with Crippen LogP contribution in [-0.2, 0) is 9.53 Å². The Morgan fingerprint density at radius 1 is 1.25 bits per heavy atom. The van der Waals surface area contributed by atoms with Gasteiger partial charge in [0, 0.05) is 0 Å². The SMILES string of the molecule is CC(C)CC1CC(COC(=O)c2c(Cl)c(Cl)cc(Cl)c2OC=O)C1. The third kappa shape index (κ3) is 4.56. The molecule has 0 aliphatic heterocycles. The number of hydrogen-bond donors (Lipinski definition) is 0. The molecule has 0 bridgehead atoms. The van der Waals surface area contributed by atoms with Gasteiger partial charge in [0.05, 0.1) is 21.7 Å². The average molecular weight is 394 g/mol. The molecule has 24 heavy (non-hydrogen) atoms. The summed E-state index contributed by atoms with van der Waals surface area (Å²) in [4.78, 5) is 23.0. The topological polar surface area (TPSA) is 52.6 Å². The van der Waals surface area contributed by atoms with Crippen molar-refractivity contribution >= 4 is 47.2 Å². The maximum absolute atomic E-state index is 12.3. The van der Waals surface area contributed by atoms with Gasteiger partial charge in [-0.3, -0.25) is 4.79 Å². The number of hydrogen-bond acceptors (Lipinski definition) is 4. The van der Waals surface area contributed by atoms with E-state index in [1.165, 1.54) is 12.5 Å². The first-order valence-corrected chi connectivity index (χ1v) is 8.91. The molecule has 1 aromatic carbocycles. The van der Waals surface area contributed by atoms with Gasteiger partial charge in [0.2, 0.25) is 0 Å². The number of benzene rings is 1. The highest BCUT2D eigenvalue weighted by atomic mass is 35.5. The molecule has 7 heteroatoms. The van der Waals surface area contributed by atoms with Gasteiger partial charge in [-0.2, -0.15) is 0 Å². The zero-order chi connectivity index (χ0) is 17.9. The molecule has 0 N–H and O–H groups in total. The molecule has 0 atom stereocenters. The Bertz CT molecular complexity index is 625. The van der Waals surface area contributed by atoms with Crippen LogP contribution in [-0.4, -0.2) is 19.0 Å². The minimum absolute atomic E-state index is 0.0177. The van der Waals surface area contributed by atoms with Crippen LogP contribution in [0.1, 0.15) is 43.5 Å². The Kier molecular flexibility index (Phi) is 6.79. The molecule has 0 amide bonds. The first kappa shape index (κ1) is 19.4. The number of esters is 1. The molecule has 1 aliphatic carbocycles. The minimum atomic E-state index is -0.700. The number of rotatable bonds is 7. The van der Waals surface area contributed by atoms with Crippen LogP contribution in [0.4, 0.5) is 0 Å². The molecule has 0 heterocycles. The highest BCUT2D eigenvalue weighted by Gasteiger charge is 2.31. The van der Waals surface area contributed by atoms with E-state index in [0.29, 0.717) is 24.4 Å². The van der Waals surface area contributed by atoms with Crippen LogP contribution in [0, 0.1) is 17.8 Å². The summed E-state index contributed by atoms with van der Waals surface area (Å²) < 4.78 is 10.1. The van der Waals surface area contributed by atoms with Crippen molar-refractivity contribution in [1.82, 2.24) is 0 Å². The van der Waals surface area contributed by atoms with Crippen molar-refractivity contribution in [3.05, 3.63) is 26.7 Å². The highest BCUT2D eigenvalue weighted by Crippen LogP contribution is 2.41. The fourth-order valence-corrected chi connectivity index (χ4v) is 3.78. The summed E-state index contributed by atoms with van der Waals surface area (Å²) in [5.41, 5.74) is -0.126. The van der Waals surface area contributed by atoms with E-state index in [2.05, 4.69) is 13.8 Å². The second kappa shape index (κ2) is 8.41. The van der Waals surface area contributed by atoms with Crippen LogP contribution >= 0.6 is 34.8 Å². The molecule has 132 valence electrons. The van der Waals surface area contributed by atoms with E-state index in [-0.39, 0.29) is 32.9 Å². The van der Waals surface area contributed by atoms with E-state index < -0.39 is 5.97 Å². The summed E-state index contributed by atoms with van der Waals surface area (Å²) in [6, 6.07) is 1.31. The van der Waals surface area contributed by atoms with Gasteiger partial charge in [0.15, 0.2) is 5.75 Å². The molecule has 2 rings (SSSR count). The number of carbonyl (C=O) groups is 2. The van der Waals surface area contributed by atoms with Gasteiger partial charge in [0.25, 0.3) is 6.47 Å². The molecule has 1 aromatic rings. The number of carbonyl (C=O) groups excluding carboxylic acids is 2. The lowest BCUT2D eigenvalue weighted by Crippen LogP contribution is -2.29. The van der Waals surface area contributed by atoms with E-state index in [1.807, 2.05) is 0 Å². The summed E-state index contributed by atoms with van der Waals surface area (Å²) in [6.45, 7) is 4.87. The maximum Gasteiger partial charge on any atom is 0.343 e.